The Morgan fingerprint density at radius 3 is 2.27 bits per heavy atom. The zero-order valence-electron chi connectivity index (χ0n) is 12.4. The third kappa shape index (κ3) is 4.58. The van der Waals surface area contributed by atoms with Gasteiger partial charge in [-0.3, -0.25) is 14.4 Å². The van der Waals surface area contributed by atoms with Crippen molar-refractivity contribution in [3.8, 4) is 0 Å². The Labute approximate surface area is 129 Å². The van der Waals surface area contributed by atoms with E-state index >= 15 is 0 Å². The summed E-state index contributed by atoms with van der Waals surface area (Å²) in [5.74, 6) is -1.10. The summed E-state index contributed by atoms with van der Waals surface area (Å²) in [5, 5.41) is 11.2. The zero-order valence-corrected chi connectivity index (χ0v) is 12.4. The molecule has 1 aliphatic heterocycles. The molecule has 0 aliphatic carbocycles. The topological polar surface area (TPSA) is 86.7 Å². The van der Waals surface area contributed by atoms with Gasteiger partial charge in [0, 0.05) is 37.2 Å². The molecule has 2 N–H and O–H groups in total. The first-order valence-electron chi connectivity index (χ1n) is 7.47. The second-order valence-corrected chi connectivity index (χ2v) is 5.37. The molecule has 0 saturated carbocycles. The molecule has 2 amide bonds. The van der Waals surface area contributed by atoms with Crippen LogP contribution in [0.3, 0.4) is 0 Å². The van der Waals surface area contributed by atoms with E-state index < -0.39 is 5.97 Å². The second-order valence-electron chi connectivity index (χ2n) is 5.37. The number of carboxylic acid groups (broad SMARTS) is 1. The first-order valence-corrected chi connectivity index (χ1v) is 7.47. The monoisotopic (exact) mass is 304 g/mol. The van der Waals surface area contributed by atoms with Gasteiger partial charge in [-0.2, -0.15) is 0 Å². The van der Waals surface area contributed by atoms with E-state index in [9.17, 15) is 14.4 Å². The summed E-state index contributed by atoms with van der Waals surface area (Å²) in [7, 11) is 0. The van der Waals surface area contributed by atoms with Crippen molar-refractivity contribution < 1.29 is 19.5 Å². The smallest absolute Gasteiger partial charge is 0.303 e. The number of likely N-dealkylation sites (tertiary alicyclic amines) is 1. The lowest BCUT2D eigenvalue weighted by molar-refractivity contribution is -0.137. The highest BCUT2D eigenvalue weighted by Crippen LogP contribution is 2.15. The third-order valence-corrected chi connectivity index (χ3v) is 3.60. The first kappa shape index (κ1) is 16.0. The molecule has 0 unspecified atom stereocenters. The van der Waals surface area contributed by atoms with Crippen LogP contribution in [-0.4, -0.2) is 40.9 Å². The lowest BCUT2D eigenvalue weighted by Crippen LogP contribution is -2.27. The quantitative estimate of drug-likeness (QED) is 0.842. The molecule has 0 aromatic heterocycles. The van der Waals surface area contributed by atoms with E-state index in [1.54, 1.807) is 24.3 Å². The maximum Gasteiger partial charge on any atom is 0.303 e. The molecule has 1 aliphatic rings. The number of anilines is 1. The predicted molar refractivity (Wildman–Crippen MR) is 81.7 cm³/mol. The van der Waals surface area contributed by atoms with Crippen molar-refractivity contribution >= 4 is 23.5 Å². The zero-order chi connectivity index (χ0) is 15.9. The highest BCUT2D eigenvalue weighted by Gasteiger charge is 2.19. The average molecular weight is 304 g/mol. The summed E-state index contributed by atoms with van der Waals surface area (Å²) in [6.07, 6.45) is 2.57. The van der Waals surface area contributed by atoms with Crippen molar-refractivity contribution in [2.24, 2.45) is 0 Å². The van der Waals surface area contributed by atoms with Crippen LogP contribution in [0, 0.1) is 0 Å². The SMILES string of the molecule is O=C(O)CCCC(=O)Nc1ccc(C(=O)N2CCCC2)cc1. The van der Waals surface area contributed by atoms with Crippen molar-refractivity contribution in [1.82, 2.24) is 4.90 Å². The van der Waals surface area contributed by atoms with Crippen LogP contribution in [0.15, 0.2) is 24.3 Å². The molecule has 1 fully saturated rings. The highest BCUT2D eigenvalue weighted by molar-refractivity contribution is 5.96. The Balaban J connectivity index is 1.84. The minimum absolute atomic E-state index is 0.0172. The first-order chi connectivity index (χ1) is 10.6. The molecular formula is C16H20N2O4. The van der Waals surface area contributed by atoms with E-state index in [4.69, 9.17) is 5.11 Å². The summed E-state index contributed by atoms with van der Waals surface area (Å²) in [5.41, 5.74) is 1.23. The molecule has 1 aromatic carbocycles. The van der Waals surface area contributed by atoms with E-state index in [1.807, 2.05) is 4.90 Å². The van der Waals surface area contributed by atoms with Crippen LogP contribution in [0.25, 0.3) is 0 Å². The van der Waals surface area contributed by atoms with Crippen molar-refractivity contribution in [1.29, 1.82) is 0 Å². The molecule has 1 heterocycles. The number of carboxylic acids is 1. The second kappa shape index (κ2) is 7.59. The molecule has 0 atom stereocenters. The largest absolute Gasteiger partial charge is 0.481 e. The molecule has 22 heavy (non-hydrogen) atoms. The van der Waals surface area contributed by atoms with Crippen LogP contribution >= 0.6 is 0 Å². The van der Waals surface area contributed by atoms with Gasteiger partial charge in [0.2, 0.25) is 5.91 Å². The molecule has 118 valence electrons. The van der Waals surface area contributed by atoms with Crippen LogP contribution < -0.4 is 5.32 Å². The van der Waals surface area contributed by atoms with Crippen molar-refractivity contribution in [3.63, 3.8) is 0 Å². The number of carbonyl (C=O) groups is 3. The van der Waals surface area contributed by atoms with Crippen LogP contribution in [0.2, 0.25) is 0 Å². The van der Waals surface area contributed by atoms with Gasteiger partial charge in [-0.25, -0.2) is 0 Å². The van der Waals surface area contributed by atoms with Gasteiger partial charge in [-0.15, -0.1) is 0 Å². The van der Waals surface area contributed by atoms with E-state index in [2.05, 4.69) is 5.32 Å². The van der Waals surface area contributed by atoms with Crippen LogP contribution in [0.4, 0.5) is 5.69 Å². The number of carbonyl (C=O) groups excluding carboxylic acids is 2. The van der Waals surface area contributed by atoms with Crippen LogP contribution in [-0.2, 0) is 9.59 Å². The van der Waals surface area contributed by atoms with E-state index in [0.29, 0.717) is 17.7 Å². The van der Waals surface area contributed by atoms with Gasteiger partial charge in [-0.05, 0) is 43.5 Å². The van der Waals surface area contributed by atoms with Gasteiger partial charge in [-0.1, -0.05) is 0 Å². The summed E-state index contributed by atoms with van der Waals surface area (Å²) in [4.78, 5) is 36.0. The molecule has 2 rings (SSSR count). The summed E-state index contributed by atoms with van der Waals surface area (Å²) >= 11 is 0. The Morgan fingerprint density at radius 1 is 1.05 bits per heavy atom. The number of hydrogen-bond donors (Lipinski definition) is 2. The molecule has 6 heteroatoms. The normalized spacial score (nSPS) is 13.9. The molecule has 0 spiro atoms. The Bertz CT molecular complexity index is 548. The van der Waals surface area contributed by atoms with Gasteiger partial charge >= 0.3 is 5.97 Å². The van der Waals surface area contributed by atoms with E-state index in [-0.39, 0.29) is 24.7 Å². The average Bonchev–Trinajstić information content (AvgIpc) is 3.01. The Kier molecular flexibility index (Phi) is 5.52. The number of amides is 2. The fraction of sp³-hybridized carbons (Fsp3) is 0.438. The number of nitrogens with one attached hydrogen (secondary N) is 1. The summed E-state index contributed by atoms with van der Waals surface area (Å²) in [6.45, 7) is 1.61. The van der Waals surface area contributed by atoms with Crippen molar-refractivity contribution in [2.45, 2.75) is 32.1 Å². The Hall–Kier alpha value is -2.37. The summed E-state index contributed by atoms with van der Waals surface area (Å²) in [6, 6.07) is 6.79. The predicted octanol–water partition coefficient (Wildman–Crippen LogP) is 2.12. The van der Waals surface area contributed by atoms with Gasteiger partial charge < -0.3 is 15.3 Å². The lowest BCUT2D eigenvalue weighted by atomic mass is 10.1. The maximum absolute atomic E-state index is 12.2. The van der Waals surface area contributed by atoms with Crippen LogP contribution in [0.5, 0.6) is 0 Å². The van der Waals surface area contributed by atoms with E-state index in [0.717, 1.165) is 25.9 Å². The lowest BCUT2D eigenvalue weighted by Gasteiger charge is -2.15. The molecule has 0 bridgehead atoms. The minimum Gasteiger partial charge on any atom is -0.481 e. The van der Waals surface area contributed by atoms with Crippen LogP contribution in [0.1, 0.15) is 42.5 Å². The number of aliphatic carboxylic acids is 1. The standard InChI is InChI=1S/C16H20N2O4/c19-14(4-3-5-15(20)21)17-13-8-6-12(7-9-13)16(22)18-10-1-2-11-18/h6-9H,1-5,10-11H2,(H,17,19)(H,20,21). The molecule has 0 radical (unpaired) electrons. The molecule has 1 saturated heterocycles. The maximum atomic E-state index is 12.2. The fourth-order valence-corrected chi connectivity index (χ4v) is 2.42. The number of benzene rings is 1. The van der Waals surface area contributed by atoms with Gasteiger partial charge in [0.25, 0.3) is 5.91 Å². The molecule has 6 nitrogen and oxygen atoms in total. The minimum atomic E-state index is -0.905. The number of nitrogens with zero attached hydrogens (tertiary/aromatic N) is 1. The van der Waals surface area contributed by atoms with Crippen molar-refractivity contribution in [2.75, 3.05) is 18.4 Å². The molecule has 1 aromatic rings. The molecular weight excluding hydrogens is 284 g/mol. The Morgan fingerprint density at radius 2 is 1.68 bits per heavy atom. The number of hydrogen-bond acceptors (Lipinski definition) is 3. The van der Waals surface area contributed by atoms with Gasteiger partial charge in [0.15, 0.2) is 0 Å². The van der Waals surface area contributed by atoms with Crippen molar-refractivity contribution in [3.05, 3.63) is 29.8 Å². The third-order valence-electron chi connectivity index (χ3n) is 3.60. The summed E-state index contributed by atoms with van der Waals surface area (Å²) < 4.78 is 0. The number of rotatable bonds is 6. The van der Waals surface area contributed by atoms with E-state index in [1.165, 1.54) is 0 Å². The van der Waals surface area contributed by atoms with Gasteiger partial charge in [0.05, 0.1) is 0 Å². The van der Waals surface area contributed by atoms with Gasteiger partial charge in [0.1, 0.15) is 0 Å². The fourth-order valence-electron chi connectivity index (χ4n) is 2.42. The highest BCUT2D eigenvalue weighted by atomic mass is 16.4.